The van der Waals surface area contributed by atoms with Crippen molar-refractivity contribution in [3.05, 3.63) is 36.3 Å². The normalized spacial score (nSPS) is 14.8. The molecule has 3 heterocycles. The Labute approximate surface area is 151 Å². The number of nitrogens with one attached hydrogen (secondary N) is 1. The van der Waals surface area contributed by atoms with Gasteiger partial charge in [-0.15, -0.1) is 12.4 Å². The molecule has 1 fully saturated rings. The first-order chi connectivity index (χ1) is 11.4. The van der Waals surface area contributed by atoms with Crippen LogP contribution in [0.1, 0.15) is 10.5 Å². The number of piperazine rings is 1. The molecule has 0 aliphatic carbocycles. The molecule has 1 aliphatic rings. The summed E-state index contributed by atoms with van der Waals surface area (Å²) in [4.78, 5) is 17.9. The number of anilines is 1. The maximum Gasteiger partial charge on any atom is 0.354 e. The highest BCUT2D eigenvalue weighted by Crippen LogP contribution is 2.26. The van der Waals surface area contributed by atoms with Gasteiger partial charge in [-0.3, -0.25) is 0 Å². The molecule has 3 rings (SSSR count). The molecule has 1 saturated heterocycles. The van der Waals surface area contributed by atoms with E-state index >= 15 is 0 Å². The monoisotopic (exact) mass is 387 g/mol. The van der Waals surface area contributed by atoms with Crippen LogP contribution in [-0.4, -0.2) is 54.6 Å². The summed E-state index contributed by atoms with van der Waals surface area (Å²) in [6.07, 6.45) is 2.66. The Kier molecular flexibility index (Phi) is 5.68. The fourth-order valence-electron chi connectivity index (χ4n) is 2.70. The Balaban J connectivity index is 0.00000225. The molecule has 0 radical (unpaired) electrons. The van der Waals surface area contributed by atoms with Gasteiger partial charge in [0.15, 0.2) is 5.69 Å². The zero-order chi connectivity index (χ0) is 17.3. The second-order valence-electron chi connectivity index (χ2n) is 5.37. The summed E-state index contributed by atoms with van der Waals surface area (Å²) < 4.78 is 23.6. The SMILES string of the molecule is Cl.NS(=O)(=O)n1ccc(-c2ccc(N3CCNCC3)nc2)c1C(=O)O. The minimum Gasteiger partial charge on any atom is -0.477 e. The van der Waals surface area contributed by atoms with Gasteiger partial charge in [-0.1, -0.05) is 0 Å². The van der Waals surface area contributed by atoms with E-state index < -0.39 is 21.9 Å². The van der Waals surface area contributed by atoms with Gasteiger partial charge in [0.2, 0.25) is 0 Å². The van der Waals surface area contributed by atoms with Gasteiger partial charge >= 0.3 is 16.2 Å². The zero-order valence-electron chi connectivity index (χ0n) is 13.1. The van der Waals surface area contributed by atoms with E-state index in [1.54, 1.807) is 12.1 Å². The van der Waals surface area contributed by atoms with Crippen molar-refractivity contribution in [3.63, 3.8) is 0 Å². The zero-order valence-corrected chi connectivity index (χ0v) is 14.8. The Morgan fingerprint density at radius 3 is 2.44 bits per heavy atom. The minimum absolute atomic E-state index is 0. The fourth-order valence-corrected chi connectivity index (χ4v) is 3.36. The number of nitrogens with two attached hydrogens (primary N) is 1. The van der Waals surface area contributed by atoms with Crippen molar-refractivity contribution < 1.29 is 18.3 Å². The number of aromatic carboxylic acids is 1. The predicted octanol–water partition coefficient (Wildman–Crippen LogP) is 0.131. The first-order valence-electron chi connectivity index (χ1n) is 7.28. The number of carboxylic acids is 1. The molecular formula is C14H18ClN5O4S. The van der Waals surface area contributed by atoms with Crippen molar-refractivity contribution >= 4 is 34.4 Å². The molecule has 0 saturated carbocycles. The van der Waals surface area contributed by atoms with Crippen molar-refractivity contribution in [1.29, 1.82) is 0 Å². The van der Waals surface area contributed by atoms with Crippen LogP contribution >= 0.6 is 12.4 Å². The number of rotatable bonds is 4. The molecule has 25 heavy (non-hydrogen) atoms. The molecule has 0 aromatic carbocycles. The third-order valence-electron chi connectivity index (χ3n) is 3.83. The van der Waals surface area contributed by atoms with Crippen LogP contribution in [0.15, 0.2) is 30.6 Å². The molecule has 2 aromatic rings. The molecule has 0 spiro atoms. The van der Waals surface area contributed by atoms with Crippen molar-refractivity contribution in [2.24, 2.45) is 5.14 Å². The number of pyridine rings is 1. The van der Waals surface area contributed by atoms with Gasteiger partial charge in [0.05, 0.1) is 0 Å². The molecule has 1 aliphatic heterocycles. The van der Waals surface area contributed by atoms with Crippen LogP contribution in [0.4, 0.5) is 5.82 Å². The molecule has 9 nitrogen and oxygen atoms in total. The fraction of sp³-hybridized carbons (Fsp3) is 0.286. The smallest absolute Gasteiger partial charge is 0.354 e. The molecule has 0 bridgehead atoms. The highest BCUT2D eigenvalue weighted by molar-refractivity contribution is 7.87. The Bertz CT molecular complexity index is 860. The third-order valence-corrected chi connectivity index (χ3v) is 4.68. The molecule has 11 heteroatoms. The van der Waals surface area contributed by atoms with Crippen molar-refractivity contribution in [2.45, 2.75) is 0 Å². The van der Waals surface area contributed by atoms with E-state index in [0.29, 0.717) is 9.54 Å². The Morgan fingerprint density at radius 1 is 1.24 bits per heavy atom. The van der Waals surface area contributed by atoms with E-state index in [0.717, 1.165) is 38.2 Å². The van der Waals surface area contributed by atoms with Gasteiger partial charge in [0.25, 0.3) is 0 Å². The summed E-state index contributed by atoms with van der Waals surface area (Å²) in [5, 5.41) is 17.6. The van der Waals surface area contributed by atoms with Crippen LogP contribution < -0.4 is 15.4 Å². The highest BCUT2D eigenvalue weighted by atomic mass is 35.5. The number of hydrogen-bond donors (Lipinski definition) is 3. The van der Waals surface area contributed by atoms with Crippen LogP contribution in [0.2, 0.25) is 0 Å². The number of carboxylic acid groups (broad SMARTS) is 1. The summed E-state index contributed by atoms with van der Waals surface area (Å²) in [6.45, 7) is 3.44. The number of nitrogens with zero attached hydrogens (tertiary/aromatic N) is 3. The van der Waals surface area contributed by atoms with Crippen LogP contribution in [0.3, 0.4) is 0 Å². The van der Waals surface area contributed by atoms with Crippen LogP contribution in [-0.2, 0) is 10.2 Å². The molecule has 4 N–H and O–H groups in total. The quantitative estimate of drug-likeness (QED) is 0.679. The number of hydrogen-bond acceptors (Lipinski definition) is 6. The second kappa shape index (κ2) is 7.40. The first-order valence-corrected chi connectivity index (χ1v) is 8.78. The van der Waals surface area contributed by atoms with Crippen LogP contribution in [0.5, 0.6) is 0 Å². The van der Waals surface area contributed by atoms with Crippen molar-refractivity contribution in [1.82, 2.24) is 14.3 Å². The van der Waals surface area contributed by atoms with E-state index in [9.17, 15) is 18.3 Å². The molecule has 136 valence electrons. The maximum atomic E-state index is 11.5. The van der Waals surface area contributed by atoms with E-state index in [1.165, 1.54) is 12.3 Å². The lowest BCUT2D eigenvalue weighted by Gasteiger charge is -2.28. The highest BCUT2D eigenvalue weighted by Gasteiger charge is 2.23. The third kappa shape index (κ3) is 3.93. The lowest BCUT2D eigenvalue weighted by atomic mass is 10.1. The number of halogens is 1. The summed E-state index contributed by atoms with van der Waals surface area (Å²) in [7, 11) is -4.19. The van der Waals surface area contributed by atoms with Crippen molar-refractivity contribution in [3.8, 4) is 11.1 Å². The van der Waals surface area contributed by atoms with Gasteiger partial charge in [-0.2, -0.15) is 8.42 Å². The molecule has 2 aromatic heterocycles. The second-order valence-corrected chi connectivity index (χ2v) is 6.79. The summed E-state index contributed by atoms with van der Waals surface area (Å²) in [6, 6.07) is 4.91. The van der Waals surface area contributed by atoms with Gasteiger partial charge in [0.1, 0.15) is 5.82 Å². The van der Waals surface area contributed by atoms with Gasteiger partial charge in [-0.05, 0) is 18.2 Å². The Hall–Kier alpha value is -2.14. The molecular weight excluding hydrogens is 370 g/mol. The van der Waals surface area contributed by atoms with Crippen LogP contribution in [0.25, 0.3) is 11.1 Å². The van der Waals surface area contributed by atoms with Crippen molar-refractivity contribution in [2.75, 3.05) is 31.1 Å². The first kappa shape index (κ1) is 19.2. The molecule has 0 unspecified atom stereocenters. The van der Waals surface area contributed by atoms with E-state index in [1.807, 2.05) is 0 Å². The largest absolute Gasteiger partial charge is 0.477 e. The van der Waals surface area contributed by atoms with E-state index in [4.69, 9.17) is 5.14 Å². The Morgan fingerprint density at radius 2 is 1.92 bits per heavy atom. The van der Waals surface area contributed by atoms with Gasteiger partial charge in [-0.25, -0.2) is 18.9 Å². The van der Waals surface area contributed by atoms with Gasteiger partial charge < -0.3 is 15.3 Å². The minimum atomic E-state index is -4.19. The van der Waals surface area contributed by atoms with E-state index in [2.05, 4.69) is 15.2 Å². The molecule has 0 amide bonds. The lowest BCUT2D eigenvalue weighted by molar-refractivity contribution is 0.0690. The topological polar surface area (TPSA) is 131 Å². The van der Waals surface area contributed by atoms with E-state index in [-0.39, 0.29) is 18.0 Å². The standard InChI is InChI=1S/C14H17N5O4S.ClH/c15-24(22,23)19-6-3-11(13(19)14(20)21)10-1-2-12(17-9-10)18-7-4-16-5-8-18;/h1-3,6,9,16H,4-5,7-8H2,(H,20,21)(H2,15,22,23);1H. The average Bonchev–Trinajstić information content (AvgIpc) is 3.01. The number of carbonyl (C=O) groups is 1. The van der Waals surface area contributed by atoms with Crippen LogP contribution in [0, 0.1) is 0 Å². The predicted molar refractivity (Wildman–Crippen MR) is 95.5 cm³/mol. The average molecular weight is 388 g/mol. The summed E-state index contributed by atoms with van der Waals surface area (Å²) in [5.41, 5.74) is 0.346. The van der Waals surface area contributed by atoms with Gasteiger partial charge in [0, 0.05) is 49.7 Å². The summed E-state index contributed by atoms with van der Waals surface area (Å²) in [5.74, 6) is -0.585. The maximum absolute atomic E-state index is 11.5. The lowest BCUT2D eigenvalue weighted by Crippen LogP contribution is -2.43. The summed E-state index contributed by atoms with van der Waals surface area (Å²) >= 11 is 0. The molecule has 0 atom stereocenters. The number of aromatic nitrogens is 2.